The third-order valence-corrected chi connectivity index (χ3v) is 5.08. The molecule has 0 bridgehead atoms. The zero-order chi connectivity index (χ0) is 18.8. The van der Waals surface area contributed by atoms with Crippen LogP contribution in [0.15, 0.2) is 48.5 Å². The molecule has 1 N–H and O–H groups in total. The van der Waals surface area contributed by atoms with Gasteiger partial charge in [0, 0.05) is 37.1 Å². The van der Waals surface area contributed by atoms with Gasteiger partial charge in [-0.3, -0.25) is 4.79 Å². The number of rotatable bonds is 4. The van der Waals surface area contributed by atoms with Crippen LogP contribution in [0.25, 0.3) is 10.9 Å². The first-order chi connectivity index (χ1) is 13.2. The summed E-state index contributed by atoms with van der Waals surface area (Å²) < 4.78 is 5.75. The second-order valence-corrected chi connectivity index (χ2v) is 6.95. The highest BCUT2D eigenvalue weighted by Gasteiger charge is 2.24. The highest BCUT2D eigenvalue weighted by molar-refractivity contribution is 5.98. The van der Waals surface area contributed by atoms with Crippen molar-refractivity contribution in [3.63, 3.8) is 0 Å². The molecule has 3 aromatic rings. The Hall–Kier alpha value is -2.95. The largest absolute Gasteiger partial charge is 0.492 e. The summed E-state index contributed by atoms with van der Waals surface area (Å²) in [4.78, 5) is 20.4. The van der Waals surface area contributed by atoms with E-state index in [1.807, 2.05) is 36.1 Å². The molecule has 5 heteroatoms. The van der Waals surface area contributed by atoms with Crippen molar-refractivity contribution >= 4 is 22.5 Å². The Labute approximate surface area is 159 Å². The van der Waals surface area contributed by atoms with Gasteiger partial charge < -0.3 is 19.5 Å². The Balaban J connectivity index is 1.46. The van der Waals surface area contributed by atoms with E-state index in [1.165, 1.54) is 5.56 Å². The van der Waals surface area contributed by atoms with Crippen LogP contribution >= 0.6 is 0 Å². The van der Waals surface area contributed by atoms with E-state index in [4.69, 9.17) is 4.74 Å². The quantitative estimate of drug-likeness (QED) is 0.766. The second-order valence-electron chi connectivity index (χ2n) is 6.95. The summed E-state index contributed by atoms with van der Waals surface area (Å²) in [5, 5.41) is 1.08. The van der Waals surface area contributed by atoms with Crippen molar-refractivity contribution in [2.24, 2.45) is 0 Å². The summed E-state index contributed by atoms with van der Waals surface area (Å²) >= 11 is 0. The van der Waals surface area contributed by atoms with E-state index in [-0.39, 0.29) is 5.91 Å². The second kappa shape index (κ2) is 7.35. The maximum atomic E-state index is 12.9. The van der Waals surface area contributed by atoms with Gasteiger partial charge in [-0.25, -0.2) is 0 Å². The lowest BCUT2D eigenvalue weighted by Crippen LogP contribution is -2.49. The van der Waals surface area contributed by atoms with Crippen LogP contribution in [0.3, 0.4) is 0 Å². The average molecular weight is 363 g/mol. The molecule has 0 saturated carbocycles. The minimum atomic E-state index is 0.0709. The van der Waals surface area contributed by atoms with Crippen molar-refractivity contribution in [1.82, 2.24) is 9.88 Å². The fraction of sp³-hybridized carbons (Fsp3) is 0.318. The molecule has 2 heterocycles. The van der Waals surface area contributed by atoms with Crippen LogP contribution < -0.4 is 9.64 Å². The number of aryl methyl sites for hydroxylation is 1. The molecule has 1 amide bonds. The van der Waals surface area contributed by atoms with Crippen molar-refractivity contribution in [3.8, 4) is 5.75 Å². The van der Waals surface area contributed by atoms with E-state index in [0.717, 1.165) is 35.4 Å². The molecule has 1 saturated heterocycles. The van der Waals surface area contributed by atoms with Crippen molar-refractivity contribution in [3.05, 3.63) is 59.8 Å². The molecular weight excluding hydrogens is 338 g/mol. The number of H-pyrrole nitrogens is 1. The number of aromatic amines is 1. The first-order valence-electron chi connectivity index (χ1n) is 9.51. The topological polar surface area (TPSA) is 48.6 Å². The lowest BCUT2D eigenvalue weighted by Gasteiger charge is -2.36. The van der Waals surface area contributed by atoms with Gasteiger partial charge in [0.2, 0.25) is 0 Å². The molecule has 5 nitrogen and oxygen atoms in total. The van der Waals surface area contributed by atoms with Gasteiger partial charge in [-0.1, -0.05) is 24.3 Å². The third-order valence-electron chi connectivity index (χ3n) is 5.08. The van der Waals surface area contributed by atoms with Crippen LogP contribution in [0.5, 0.6) is 5.75 Å². The van der Waals surface area contributed by atoms with Gasteiger partial charge in [0.1, 0.15) is 11.4 Å². The fourth-order valence-corrected chi connectivity index (χ4v) is 3.67. The molecule has 0 spiro atoms. The number of para-hydroxylation sites is 2. The van der Waals surface area contributed by atoms with Crippen molar-refractivity contribution in [2.75, 3.05) is 37.7 Å². The lowest BCUT2D eigenvalue weighted by molar-refractivity contribution is 0.0741. The van der Waals surface area contributed by atoms with E-state index >= 15 is 0 Å². The molecule has 4 rings (SSSR count). The van der Waals surface area contributed by atoms with E-state index in [9.17, 15) is 4.79 Å². The number of benzene rings is 2. The number of aromatic nitrogens is 1. The van der Waals surface area contributed by atoms with Crippen LogP contribution in [0.4, 0.5) is 5.69 Å². The Kier molecular flexibility index (Phi) is 4.75. The highest BCUT2D eigenvalue weighted by atomic mass is 16.5. The van der Waals surface area contributed by atoms with Crippen molar-refractivity contribution < 1.29 is 9.53 Å². The molecule has 0 aliphatic carbocycles. The number of hydrogen-bond acceptors (Lipinski definition) is 3. The number of amides is 1. The summed E-state index contributed by atoms with van der Waals surface area (Å²) in [6, 6.07) is 16.3. The van der Waals surface area contributed by atoms with Gasteiger partial charge in [0.25, 0.3) is 5.91 Å². The van der Waals surface area contributed by atoms with Crippen LogP contribution in [0, 0.1) is 6.92 Å². The minimum Gasteiger partial charge on any atom is -0.492 e. The number of nitrogens with one attached hydrogen (secondary N) is 1. The first-order valence-corrected chi connectivity index (χ1v) is 9.51. The molecule has 1 aliphatic rings. The number of fused-ring (bicyclic) bond motifs is 1. The Morgan fingerprint density at radius 3 is 2.63 bits per heavy atom. The third kappa shape index (κ3) is 3.50. The Morgan fingerprint density at radius 1 is 1.07 bits per heavy atom. The summed E-state index contributed by atoms with van der Waals surface area (Å²) in [7, 11) is 0. The number of anilines is 1. The van der Waals surface area contributed by atoms with Crippen LogP contribution in [-0.2, 0) is 0 Å². The lowest BCUT2D eigenvalue weighted by atomic mass is 10.2. The summed E-state index contributed by atoms with van der Waals surface area (Å²) in [5.74, 6) is 0.979. The molecule has 27 heavy (non-hydrogen) atoms. The minimum absolute atomic E-state index is 0.0709. The first kappa shape index (κ1) is 17.5. The van der Waals surface area contributed by atoms with E-state index in [0.29, 0.717) is 25.4 Å². The maximum absolute atomic E-state index is 12.9. The molecule has 1 aromatic heterocycles. The predicted molar refractivity (Wildman–Crippen MR) is 109 cm³/mol. The number of ether oxygens (including phenoxy) is 1. The number of carbonyl (C=O) groups excluding carboxylic acids is 1. The van der Waals surface area contributed by atoms with E-state index < -0.39 is 0 Å². The van der Waals surface area contributed by atoms with Gasteiger partial charge in [-0.15, -0.1) is 0 Å². The van der Waals surface area contributed by atoms with E-state index in [1.54, 1.807) is 0 Å². The fourth-order valence-electron chi connectivity index (χ4n) is 3.67. The van der Waals surface area contributed by atoms with Crippen molar-refractivity contribution in [1.29, 1.82) is 0 Å². The molecule has 0 unspecified atom stereocenters. The Bertz CT molecular complexity index is 955. The number of nitrogens with zero attached hydrogens (tertiary/aromatic N) is 2. The number of piperazine rings is 1. The SMILES string of the molecule is CCOc1ccccc1N1CCN(C(=O)c2cc3ccc(C)cc3[nH]2)CC1. The molecule has 140 valence electrons. The summed E-state index contributed by atoms with van der Waals surface area (Å²) in [6.45, 7) is 7.71. The summed E-state index contributed by atoms with van der Waals surface area (Å²) in [6.07, 6.45) is 0. The zero-order valence-corrected chi connectivity index (χ0v) is 15.9. The molecule has 2 aromatic carbocycles. The summed E-state index contributed by atoms with van der Waals surface area (Å²) in [5.41, 5.74) is 3.97. The monoisotopic (exact) mass is 363 g/mol. The van der Waals surface area contributed by atoms with Crippen LogP contribution in [0.2, 0.25) is 0 Å². The van der Waals surface area contributed by atoms with E-state index in [2.05, 4.69) is 41.1 Å². The number of carbonyl (C=O) groups is 1. The van der Waals surface area contributed by atoms with Crippen LogP contribution in [0.1, 0.15) is 23.0 Å². The smallest absolute Gasteiger partial charge is 0.270 e. The molecule has 0 atom stereocenters. The normalized spacial score (nSPS) is 14.6. The highest BCUT2D eigenvalue weighted by Crippen LogP contribution is 2.29. The molecular formula is C22H25N3O2. The zero-order valence-electron chi connectivity index (χ0n) is 15.9. The molecule has 1 aliphatic heterocycles. The Morgan fingerprint density at radius 2 is 1.85 bits per heavy atom. The average Bonchev–Trinajstić information content (AvgIpc) is 3.11. The molecule has 1 fully saturated rings. The predicted octanol–water partition coefficient (Wildman–Crippen LogP) is 3.84. The van der Waals surface area contributed by atoms with Gasteiger partial charge in [-0.2, -0.15) is 0 Å². The van der Waals surface area contributed by atoms with Gasteiger partial charge in [0.15, 0.2) is 0 Å². The molecule has 0 radical (unpaired) electrons. The standard InChI is InChI=1S/C22H25N3O2/c1-3-27-21-7-5-4-6-20(21)24-10-12-25(13-11-24)22(26)19-15-17-9-8-16(2)14-18(17)23-19/h4-9,14-15,23H,3,10-13H2,1-2H3. The van der Waals surface area contributed by atoms with Gasteiger partial charge >= 0.3 is 0 Å². The van der Waals surface area contributed by atoms with Gasteiger partial charge in [0.05, 0.1) is 12.3 Å². The number of hydrogen-bond donors (Lipinski definition) is 1. The maximum Gasteiger partial charge on any atom is 0.270 e. The van der Waals surface area contributed by atoms with Crippen molar-refractivity contribution in [2.45, 2.75) is 13.8 Å². The van der Waals surface area contributed by atoms with Gasteiger partial charge in [-0.05, 0) is 43.7 Å². The van der Waals surface area contributed by atoms with Crippen LogP contribution in [-0.4, -0.2) is 48.6 Å².